The van der Waals surface area contributed by atoms with Crippen LogP contribution in [0.25, 0.3) is 0 Å². The minimum absolute atomic E-state index is 0.246. The molecule has 0 unspecified atom stereocenters. The third-order valence-electron chi connectivity index (χ3n) is 1.63. The summed E-state index contributed by atoms with van der Waals surface area (Å²) in [4.78, 5) is 9.57. The summed E-state index contributed by atoms with van der Waals surface area (Å²) in [5, 5.41) is 10.6. The van der Waals surface area contributed by atoms with Gasteiger partial charge in [0.2, 0.25) is 0 Å². The average molecular weight is 344 g/mol. The Balaban J connectivity index is 3.48. The Kier molecular flexibility index (Phi) is 3.50. The zero-order valence-electron chi connectivity index (χ0n) is 7.54. The minimum atomic E-state index is -3.59. The van der Waals surface area contributed by atoms with Crippen molar-refractivity contribution in [3.8, 4) is 5.75 Å². The Morgan fingerprint density at radius 3 is 2.47 bits per heavy atom. The van der Waals surface area contributed by atoms with Crippen LogP contribution in [0.3, 0.4) is 0 Å². The molecular weight excluding hydrogens is 337 g/mol. The van der Waals surface area contributed by atoms with Gasteiger partial charge in [0, 0.05) is 0 Å². The van der Waals surface area contributed by atoms with Gasteiger partial charge in [0.15, 0.2) is 4.90 Å². The van der Waals surface area contributed by atoms with Gasteiger partial charge in [0.05, 0.1) is 18.1 Å². The number of rotatable bonds is 3. The predicted molar refractivity (Wildman–Crippen MR) is 48.2 cm³/mol. The maximum atomic E-state index is 11.2. The van der Waals surface area contributed by atoms with E-state index in [1.807, 2.05) is 0 Å². The smallest absolute Gasteiger partial charge is 0.404 e. The number of nitro groups is 1. The number of hydrogen-bond donors (Lipinski definition) is 0. The second-order valence-corrected chi connectivity index (χ2v) is 7.65. The van der Waals surface area contributed by atoms with E-state index in [9.17, 15) is 18.5 Å². The molecule has 0 heterocycles. The number of benzene rings is 1. The molecule has 0 amide bonds. The molecule has 0 aliphatic heterocycles. The van der Waals surface area contributed by atoms with Gasteiger partial charge in [-0.3, -0.25) is 10.1 Å². The zero-order valence-corrected chi connectivity index (χ0v) is 10.7. The highest BCUT2D eigenvalue weighted by atomic mass is 127. The lowest BCUT2D eigenvalue weighted by Crippen LogP contribution is -3.36. The molecule has 0 aromatic heterocycles. The van der Waals surface area contributed by atoms with Crippen LogP contribution >= 0.6 is 0 Å². The van der Waals surface area contributed by atoms with Gasteiger partial charge in [-0.1, -0.05) is 0 Å². The number of ether oxygens (including phenoxy) is 1. The molecule has 15 heavy (non-hydrogen) atoms. The standard InChI is InChI=1S/C7H7INO5S/c1-14-5-2-3-7(15(8,12)13)6(4-5)9(10)11/h2-4,8H,1H3/q+1. The lowest BCUT2D eigenvalue weighted by atomic mass is 10.3. The van der Waals surface area contributed by atoms with E-state index in [1.54, 1.807) is 0 Å². The van der Waals surface area contributed by atoms with Crippen molar-refractivity contribution in [1.29, 1.82) is 0 Å². The van der Waals surface area contributed by atoms with Crippen molar-refractivity contribution >= 4 is 12.7 Å². The van der Waals surface area contributed by atoms with Gasteiger partial charge in [-0.15, -0.1) is 0 Å². The second kappa shape index (κ2) is 4.31. The van der Waals surface area contributed by atoms with Crippen molar-refractivity contribution in [1.82, 2.24) is 0 Å². The number of methoxy groups -OCH3 is 1. The highest BCUT2D eigenvalue weighted by Crippen LogP contribution is 2.26. The molecule has 0 N–H and O–H groups in total. The molecule has 0 spiro atoms. The molecule has 8 heteroatoms. The normalized spacial score (nSPS) is 11.1. The average Bonchev–Trinajstić information content (AvgIpc) is 2.15. The summed E-state index contributed by atoms with van der Waals surface area (Å²) in [5.74, 6) is 0.246. The zero-order chi connectivity index (χ0) is 11.6. The number of halogens is 1. The fraction of sp³-hybridized carbons (Fsp3) is 0.143. The van der Waals surface area contributed by atoms with Crippen LogP contribution in [-0.4, -0.2) is 20.5 Å². The molecule has 0 fully saturated rings. The Morgan fingerprint density at radius 2 is 2.07 bits per heavy atom. The van der Waals surface area contributed by atoms with Crippen LogP contribution in [0.5, 0.6) is 5.75 Å². The first-order valence-corrected chi connectivity index (χ1v) is 7.91. The molecule has 1 aromatic rings. The number of nitrogens with zero attached hydrogens (tertiary/aromatic N) is 1. The molecule has 0 aliphatic carbocycles. The van der Waals surface area contributed by atoms with E-state index in [-0.39, 0.29) is 10.6 Å². The number of nitro benzene ring substituents is 1. The van der Waals surface area contributed by atoms with Gasteiger partial charge in [0.1, 0.15) is 5.75 Å². The van der Waals surface area contributed by atoms with Crippen molar-refractivity contribution in [2.45, 2.75) is 4.90 Å². The Bertz CT molecular complexity index is 498. The monoisotopic (exact) mass is 344 g/mol. The predicted octanol–water partition coefficient (Wildman–Crippen LogP) is -2.42. The van der Waals surface area contributed by atoms with E-state index in [2.05, 4.69) is 0 Å². The summed E-state index contributed by atoms with van der Waals surface area (Å²) < 4.78 is 27.2. The topological polar surface area (TPSA) is 86.5 Å². The quantitative estimate of drug-likeness (QED) is 0.264. The fourth-order valence-corrected chi connectivity index (χ4v) is 2.81. The van der Waals surface area contributed by atoms with Crippen LogP contribution in [0.1, 0.15) is 0 Å². The van der Waals surface area contributed by atoms with Crippen LogP contribution in [0.2, 0.25) is 0 Å². The fourth-order valence-electron chi connectivity index (χ4n) is 0.978. The summed E-state index contributed by atoms with van der Waals surface area (Å²) in [7, 11) is -2.24. The molecule has 1 aromatic carbocycles. The molecule has 82 valence electrons. The summed E-state index contributed by atoms with van der Waals surface area (Å²) in [5.41, 5.74) is -0.473. The Labute approximate surface area is 97.9 Å². The molecule has 6 nitrogen and oxygen atoms in total. The molecule has 0 radical (unpaired) electrons. The molecular formula is C7H7INO5S+. The van der Waals surface area contributed by atoms with E-state index in [4.69, 9.17) is 4.74 Å². The summed E-state index contributed by atoms with van der Waals surface area (Å²) in [6, 6.07) is 3.61. The molecule has 0 aliphatic rings. The highest BCUT2D eigenvalue weighted by Gasteiger charge is 2.29. The molecule has 0 saturated heterocycles. The third-order valence-corrected chi connectivity index (χ3v) is 4.05. The van der Waals surface area contributed by atoms with Gasteiger partial charge in [0.25, 0.3) is 5.69 Å². The van der Waals surface area contributed by atoms with E-state index in [0.29, 0.717) is 0 Å². The van der Waals surface area contributed by atoms with Crippen molar-refractivity contribution in [2.75, 3.05) is 7.11 Å². The maximum Gasteiger partial charge on any atom is 0.404 e. The third kappa shape index (κ3) is 2.78. The first-order valence-electron chi connectivity index (χ1n) is 3.64. The van der Waals surface area contributed by atoms with E-state index in [1.165, 1.54) is 13.2 Å². The molecule has 1 rings (SSSR count). The lowest BCUT2D eigenvalue weighted by molar-refractivity contribution is -0.388. The van der Waals surface area contributed by atoms with Gasteiger partial charge >= 0.3 is 28.2 Å². The lowest BCUT2D eigenvalue weighted by Gasteiger charge is -2.00. The molecule has 0 bridgehead atoms. The Hall–Kier alpha value is -0.900. The highest BCUT2D eigenvalue weighted by molar-refractivity contribution is 7.84. The van der Waals surface area contributed by atoms with Crippen LogP contribution in [0.15, 0.2) is 23.1 Å². The van der Waals surface area contributed by atoms with Crippen LogP contribution in [0, 0.1) is 10.1 Å². The molecule has 0 saturated carbocycles. The van der Waals surface area contributed by atoms with E-state index in [0.717, 1.165) is 33.3 Å². The first-order chi connectivity index (χ1) is 6.86. The van der Waals surface area contributed by atoms with Gasteiger partial charge in [-0.25, -0.2) is 0 Å². The van der Waals surface area contributed by atoms with Crippen molar-refractivity contribution < 1.29 is 39.3 Å². The maximum absolute atomic E-state index is 11.2. The van der Waals surface area contributed by atoms with E-state index >= 15 is 0 Å². The molecule has 0 atom stereocenters. The first kappa shape index (κ1) is 12.2. The van der Waals surface area contributed by atoms with Gasteiger partial charge in [-0.2, -0.15) is 8.42 Å². The van der Waals surface area contributed by atoms with Gasteiger partial charge < -0.3 is 4.74 Å². The van der Waals surface area contributed by atoms with Crippen LogP contribution in [0.4, 0.5) is 5.69 Å². The summed E-state index contributed by atoms with van der Waals surface area (Å²) in [6.45, 7) is 0. The van der Waals surface area contributed by atoms with Crippen molar-refractivity contribution in [3.05, 3.63) is 28.3 Å². The summed E-state index contributed by atoms with van der Waals surface area (Å²) >= 11 is 0.841. The Morgan fingerprint density at radius 1 is 1.47 bits per heavy atom. The van der Waals surface area contributed by atoms with Crippen LogP contribution in [-0.2, 0) is 7.01 Å². The van der Waals surface area contributed by atoms with Crippen molar-refractivity contribution in [3.63, 3.8) is 0 Å². The van der Waals surface area contributed by atoms with Gasteiger partial charge in [-0.05, 0) is 12.1 Å². The van der Waals surface area contributed by atoms with Crippen LogP contribution < -0.4 is 25.9 Å². The number of hydrogen-bond acceptors (Lipinski definition) is 5. The van der Waals surface area contributed by atoms with Crippen molar-refractivity contribution in [2.24, 2.45) is 0 Å². The largest absolute Gasteiger partial charge is 0.497 e. The summed E-state index contributed by atoms with van der Waals surface area (Å²) in [6.07, 6.45) is 0. The second-order valence-electron chi connectivity index (χ2n) is 2.54. The minimum Gasteiger partial charge on any atom is -0.497 e. The van der Waals surface area contributed by atoms with E-state index < -0.39 is 17.6 Å². The SMILES string of the molecule is COc1ccc(S(=O)(=O)[IH+])c([N+](=O)[O-])c1.